The Morgan fingerprint density at radius 3 is 2.77 bits per heavy atom. The van der Waals surface area contributed by atoms with Crippen LogP contribution in [0.3, 0.4) is 0 Å². The highest BCUT2D eigenvalue weighted by Gasteiger charge is 2.45. The number of anilines is 1. The predicted molar refractivity (Wildman–Crippen MR) is 120 cm³/mol. The molecule has 1 aliphatic rings. The monoisotopic (exact) mass is 450 g/mol. The van der Waals surface area contributed by atoms with Crippen molar-refractivity contribution in [2.45, 2.75) is 6.04 Å². The average molecular weight is 451 g/mol. The summed E-state index contributed by atoms with van der Waals surface area (Å²) in [6.07, 6.45) is 0. The molecule has 1 amide bonds. The summed E-state index contributed by atoms with van der Waals surface area (Å²) in [6.45, 7) is 0. The number of hydrogen-bond donors (Lipinski definition) is 0. The van der Waals surface area contributed by atoms with Crippen LogP contribution >= 0.6 is 34.3 Å². The molecule has 0 unspecified atom stereocenters. The Morgan fingerprint density at radius 2 is 1.93 bits per heavy atom. The second kappa shape index (κ2) is 6.50. The molecule has 0 N–H and O–H groups in total. The first-order valence-corrected chi connectivity index (χ1v) is 11.2. The zero-order chi connectivity index (χ0) is 20.4. The summed E-state index contributed by atoms with van der Waals surface area (Å²) >= 11 is 8.98. The number of para-hydroxylation sites is 1. The molecule has 0 spiro atoms. The van der Waals surface area contributed by atoms with Gasteiger partial charge in [0.2, 0.25) is 5.76 Å². The molecule has 8 heteroatoms. The number of rotatable bonds is 2. The summed E-state index contributed by atoms with van der Waals surface area (Å²) < 4.78 is 6.81. The zero-order valence-electron chi connectivity index (χ0n) is 15.2. The van der Waals surface area contributed by atoms with E-state index in [0.717, 1.165) is 15.1 Å². The molecular weight excluding hydrogens is 440 g/mol. The van der Waals surface area contributed by atoms with Crippen LogP contribution in [0.5, 0.6) is 0 Å². The molecule has 1 atom stereocenters. The Bertz CT molecular complexity index is 1520. The average Bonchev–Trinajstić information content (AvgIpc) is 3.46. The maximum Gasteiger partial charge on any atom is 0.297 e. The third-order valence-electron chi connectivity index (χ3n) is 5.14. The van der Waals surface area contributed by atoms with E-state index in [0.29, 0.717) is 26.7 Å². The minimum Gasteiger partial charge on any atom is -0.450 e. The summed E-state index contributed by atoms with van der Waals surface area (Å²) in [4.78, 5) is 34.0. The van der Waals surface area contributed by atoms with E-state index in [4.69, 9.17) is 16.0 Å². The molecule has 4 heterocycles. The predicted octanol–water partition coefficient (Wildman–Crippen LogP) is 5.87. The van der Waals surface area contributed by atoms with Gasteiger partial charge in [0.1, 0.15) is 11.6 Å². The largest absolute Gasteiger partial charge is 0.450 e. The number of carbonyl (C=O) groups excluding carboxylic acids is 1. The van der Waals surface area contributed by atoms with Crippen molar-refractivity contribution >= 4 is 66.5 Å². The first-order chi connectivity index (χ1) is 14.6. The van der Waals surface area contributed by atoms with Crippen molar-refractivity contribution in [1.82, 2.24) is 4.98 Å². The van der Waals surface area contributed by atoms with Crippen LogP contribution in [-0.4, -0.2) is 10.9 Å². The first-order valence-electron chi connectivity index (χ1n) is 9.10. The molecule has 1 aliphatic heterocycles. The van der Waals surface area contributed by atoms with Gasteiger partial charge in [-0.2, -0.15) is 0 Å². The SMILES string of the molecule is O=C1c2oc3ccccc3c(=O)c2[C@@H](c2cccs2)N1c1nc2ccc(Cl)cc2s1. The standard InChI is InChI=1S/C22H11ClN2O3S2/c23-11-7-8-13-16(10-11)30-22(24-13)25-18(15-6-3-9-29-15)17-19(26)12-4-1-2-5-14(12)28-20(17)21(25)27/h1-10,18H/t18-/m1/s1. The summed E-state index contributed by atoms with van der Waals surface area (Å²) in [5.74, 6) is -0.286. The van der Waals surface area contributed by atoms with Crippen LogP contribution in [0.2, 0.25) is 5.02 Å². The Balaban J connectivity index is 1.64. The number of thiophene rings is 1. The number of benzene rings is 2. The van der Waals surface area contributed by atoms with Crippen LogP contribution in [-0.2, 0) is 0 Å². The van der Waals surface area contributed by atoms with E-state index in [1.54, 1.807) is 35.2 Å². The lowest BCUT2D eigenvalue weighted by molar-refractivity contribution is 0.0971. The molecule has 30 heavy (non-hydrogen) atoms. The van der Waals surface area contributed by atoms with Gasteiger partial charge in [-0.1, -0.05) is 41.1 Å². The van der Waals surface area contributed by atoms with Gasteiger partial charge in [-0.25, -0.2) is 4.98 Å². The number of fused-ring (bicyclic) bond motifs is 3. The number of thiazole rings is 1. The molecule has 0 radical (unpaired) electrons. The van der Waals surface area contributed by atoms with Gasteiger partial charge in [-0.3, -0.25) is 14.5 Å². The zero-order valence-corrected chi connectivity index (χ0v) is 17.6. The van der Waals surface area contributed by atoms with Gasteiger partial charge in [0, 0.05) is 9.90 Å². The maximum atomic E-state index is 13.5. The van der Waals surface area contributed by atoms with Gasteiger partial charge in [0.05, 0.1) is 21.2 Å². The molecule has 0 fully saturated rings. The first kappa shape index (κ1) is 17.8. The molecule has 0 saturated carbocycles. The molecule has 146 valence electrons. The Morgan fingerprint density at radius 1 is 1.07 bits per heavy atom. The molecule has 5 nitrogen and oxygen atoms in total. The lowest BCUT2D eigenvalue weighted by Gasteiger charge is -2.20. The van der Waals surface area contributed by atoms with Crippen LogP contribution in [0.1, 0.15) is 27.0 Å². The molecule has 5 aromatic rings. The molecule has 2 aromatic carbocycles. The van der Waals surface area contributed by atoms with Crippen molar-refractivity contribution in [3.05, 3.63) is 91.4 Å². The summed E-state index contributed by atoms with van der Waals surface area (Å²) in [6, 6.07) is 15.7. The normalized spacial score (nSPS) is 16.0. The van der Waals surface area contributed by atoms with E-state index in [-0.39, 0.29) is 17.1 Å². The fraction of sp³-hybridized carbons (Fsp3) is 0.0455. The van der Waals surface area contributed by atoms with Gasteiger partial charge in [-0.05, 0) is 41.8 Å². The van der Waals surface area contributed by atoms with E-state index in [1.165, 1.54) is 22.7 Å². The third kappa shape index (κ3) is 2.49. The van der Waals surface area contributed by atoms with Crippen molar-refractivity contribution < 1.29 is 9.21 Å². The highest BCUT2D eigenvalue weighted by atomic mass is 35.5. The van der Waals surface area contributed by atoms with Gasteiger partial charge < -0.3 is 4.42 Å². The topological polar surface area (TPSA) is 63.4 Å². The number of carbonyl (C=O) groups is 1. The number of aromatic nitrogens is 1. The minimum atomic E-state index is -0.579. The maximum absolute atomic E-state index is 13.5. The van der Waals surface area contributed by atoms with Crippen molar-refractivity contribution in [2.75, 3.05) is 4.90 Å². The lowest BCUT2D eigenvalue weighted by atomic mass is 10.0. The van der Waals surface area contributed by atoms with Gasteiger partial charge >= 0.3 is 0 Å². The molecule has 0 saturated heterocycles. The van der Waals surface area contributed by atoms with Crippen LogP contribution in [0, 0.1) is 0 Å². The highest BCUT2D eigenvalue weighted by molar-refractivity contribution is 7.22. The van der Waals surface area contributed by atoms with Crippen molar-refractivity contribution in [3.63, 3.8) is 0 Å². The molecule has 3 aromatic heterocycles. The summed E-state index contributed by atoms with van der Waals surface area (Å²) in [7, 11) is 0. The van der Waals surface area contributed by atoms with Crippen LogP contribution < -0.4 is 10.3 Å². The van der Waals surface area contributed by atoms with Gasteiger partial charge in [-0.15, -0.1) is 11.3 Å². The van der Waals surface area contributed by atoms with Crippen LogP contribution in [0.15, 0.2) is 69.2 Å². The molecule has 0 aliphatic carbocycles. The van der Waals surface area contributed by atoms with Crippen molar-refractivity contribution in [2.24, 2.45) is 0 Å². The van der Waals surface area contributed by atoms with E-state index in [9.17, 15) is 9.59 Å². The van der Waals surface area contributed by atoms with E-state index >= 15 is 0 Å². The number of halogens is 1. The fourth-order valence-electron chi connectivity index (χ4n) is 3.82. The second-order valence-corrected chi connectivity index (χ2v) is 9.30. The Kier molecular flexibility index (Phi) is 3.86. The van der Waals surface area contributed by atoms with Crippen LogP contribution in [0.4, 0.5) is 5.13 Å². The lowest BCUT2D eigenvalue weighted by Crippen LogP contribution is -2.28. The van der Waals surface area contributed by atoms with Crippen molar-refractivity contribution in [3.8, 4) is 0 Å². The Hall–Kier alpha value is -3.00. The molecule has 6 rings (SSSR count). The molecular formula is C22H11ClN2O3S2. The van der Waals surface area contributed by atoms with Crippen molar-refractivity contribution in [1.29, 1.82) is 0 Å². The summed E-state index contributed by atoms with van der Waals surface area (Å²) in [5, 5.41) is 3.50. The summed E-state index contributed by atoms with van der Waals surface area (Å²) in [5.41, 5.74) is 1.32. The quantitative estimate of drug-likeness (QED) is 0.337. The molecule has 0 bridgehead atoms. The van der Waals surface area contributed by atoms with E-state index < -0.39 is 6.04 Å². The van der Waals surface area contributed by atoms with E-state index in [1.807, 2.05) is 29.6 Å². The number of nitrogens with zero attached hydrogens (tertiary/aromatic N) is 2. The number of amides is 1. The fourth-order valence-corrected chi connectivity index (χ4v) is 5.91. The van der Waals surface area contributed by atoms with Crippen LogP contribution in [0.25, 0.3) is 21.2 Å². The van der Waals surface area contributed by atoms with E-state index in [2.05, 4.69) is 4.98 Å². The highest BCUT2D eigenvalue weighted by Crippen LogP contribution is 2.44. The minimum absolute atomic E-state index is 0.0781. The second-order valence-electron chi connectivity index (χ2n) is 6.87. The third-order valence-corrected chi connectivity index (χ3v) is 7.31. The van der Waals surface area contributed by atoms with Gasteiger partial charge in [0.15, 0.2) is 10.6 Å². The number of hydrogen-bond acceptors (Lipinski definition) is 6. The smallest absolute Gasteiger partial charge is 0.297 e. The van der Waals surface area contributed by atoms with Gasteiger partial charge in [0.25, 0.3) is 5.91 Å². The Labute approximate surface area is 182 Å².